The van der Waals surface area contributed by atoms with Crippen molar-refractivity contribution in [1.82, 2.24) is 10.1 Å². The molecule has 2 aromatic carbocycles. The standard InChI is InChI=1S/C16H16Cl3N3O3S/c1-9(2)22-26(24,25)12-5-3-10(4-6-12)16(23)21-20-15-13(18)7-11(17)8-14(15)19/h3-9,20,22H,1-2H3,(H,21,23). The molecule has 0 aliphatic rings. The lowest BCUT2D eigenvalue weighted by atomic mass is 10.2. The van der Waals surface area contributed by atoms with E-state index in [1.165, 1.54) is 36.4 Å². The van der Waals surface area contributed by atoms with Crippen LogP contribution in [0.3, 0.4) is 0 Å². The van der Waals surface area contributed by atoms with Gasteiger partial charge in [-0.2, -0.15) is 0 Å². The fourth-order valence-electron chi connectivity index (χ4n) is 2.02. The van der Waals surface area contributed by atoms with Crippen molar-refractivity contribution >= 4 is 56.4 Å². The number of carbonyl (C=O) groups excluding carboxylic acids is 1. The second-order valence-electron chi connectivity index (χ2n) is 5.62. The van der Waals surface area contributed by atoms with E-state index in [1.807, 2.05) is 0 Å². The van der Waals surface area contributed by atoms with Gasteiger partial charge in [-0.1, -0.05) is 34.8 Å². The molecule has 0 unspecified atom stereocenters. The molecule has 10 heteroatoms. The first kappa shape index (κ1) is 20.8. The fourth-order valence-corrected chi connectivity index (χ4v) is 4.18. The molecule has 0 radical (unpaired) electrons. The molecule has 6 nitrogen and oxygen atoms in total. The zero-order valence-electron chi connectivity index (χ0n) is 13.8. The monoisotopic (exact) mass is 435 g/mol. The van der Waals surface area contributed by atoms with E-state index in [0.29, 0.717) is 10.7 Å². The van der Waals surface area contributed by atoms with E-state index in [1.54, 1.807) is 13.8 Å². The average molecular weight is 437 g/mol. The number of benzene rings is 2. The molecule has 0 aliphatic heterocycles. The molecular formula is C16H16Cl3N3O3S. The number of hydrogen-bond donors (Lipinski definition) is 3. The van der Waals surface area contributed by atoms with Gasteiger partial charge in [0, 0.05) is 16.6 Å². The van der Waals surface area contributed by atoms with Gasteiger partial charge in [-0.3, -0.25) is 15.6 Å². The Bertz CT molecular complexity index is 893. The lowest BCUT2D eigenvalue weighted by molar-refractivity contribution is 0.0962. The Morgan fingerprint density at radius 1 is 1.00 bits per heavy atom. The summed E-state index contributed by atoms with van der Waals surface area (Å²) in [5.41, 5.74) is 5.62. The number of halogens is 3. The van der Waals surface area contributed by atoms with Gasteiger partial charge in [0.15, 0.2) is 0 Å². The minimum Gasteiger partial charge on any atom is -0.295 e. The predicted octanol–water partition coefficient (Wildman–Crippen LogP) is 4.09. The lowest BCUT2D eigenvalue weighted by Crippen LogP contribution is -2.31. The van der Waals surface area contributed by atoms with Crippen LogP contribution < -0.4 is 15.6 Å². The van der Waals surface area contributed by atoms with Crippen molar-refractivity contribution < 1.29 is 13.2 Å². The minimum atomic E-state index is -3.62. The summed E-state index contributed by atoms with van der Waals surface area (Å²) in [6, 6.07) is 8.22. The first-order chi connectivity index (χ1) is 12.1. The van der Waals surface area contributed by atoms with Crippen molar-refractivity contribution in [2.24, 2.45) is 0 Å². The summed E-state index contributed by atoms with van der Waals surface area (Å²) >= 11 is 17.9. The Kier molecular flexibility index (Phi) is 6.76. The van der Waals surface area contributed by atoms with Crippen molar-refractivity contribution in [2.75, 3.05) is 5.43 Å². The average Bonchev–Trinajstić information content (AvgIpc) is 2.52. The highest BCUT2D eigenvalue weighted by molar-refractivity contribution is 7.89. The summed E-state index contributed by atoms with van der Waals surface area (Å²) in [7, 11) is -3.62. The SMILES string of the molecule is CC(C)NS(=O)(=O)c1ccc(C(=O)NNc2c(Cl)cc(Cl)cc2Cl)cc1. The Hall–Kier alpha value is -1.51. The van der Waals surface area contributed by atoms with Gasteiger partial charge in [0.1, 0.15) is 0 Å². The van der Waals surface area contributed by atoms with Crippen molar-refractivity contribution in [3.8, 4) is 0 Å². The summed E-state index contributed by atoms with van der Waals surface area (Å²) in [6.07, 6.45) is 0. The summed E-state index contributed by atoms with van der Waals surface area (Å²) in [6.45, 7) is 3.44. The van der Waals surface area contributed by atoms with E-state index in [2.05, 4.69) is 15.6 Å². The highest BCUT2D eigenvalue weighted by Gasteiger charge is 2.16. The molecule has 0 bridgehead atoms. The maximum Gasteiger partial charge on any atom is 0.269 e. The van der Waals surface area contributed by atoms with Gasteiger partial charge in [0.05, 0.1) is 20.6 Å². The van der Waals surface area contributed by atoms with Crippen molar-refractivity contribution in [3.05, 3.63) is 57.0 Å². The molecule has 0 atom stereocenters. The van der Waals surface area contributed by atoms with Gasteiger partial charge in [0.25, 0.3) is 5.91 Å². The third-order valence-corrected chi connectivity index (χ3v) is 5.61. The zero-order valence-corrected chi connectivity index (χ0v) is 16.9. The molecule has 2 aromatic rings. The summed E-state index contributed by atoms with van der Waals surface area (Å²) in [5.74, 6) is -0.493. The Morgan fingerprint density at radius 3 is 2.04 bits per heavy atom. The third-order valence-electron chi connectivity index (χ3n) is 3.13. The van der Waals surface area contributed by atoms with Crippen molar-refractivity contribution in [2.45, 2.75) is 24.8 Å². The maximum absolute atomic E-state index is 12.2. The summed E-state index contributed by atoms with van der Waals surface area (Å²) in [5, 5.41) is 0.844. The van der Waals surface area contributed by atoms with Gasteiger partial charge in [-0.25, -0.2) is 13.1 Å². The molecule has 3 N–H and O–H groups in total. The van der Waals surface area contributed by atoms with Gasteiger partial charge in [-0.15, -0.1) is 0 Å². The fraction of sp³-hybridized carbons (Fsp3) is 0.188. The van der Waals surface area contributed by atoms with Crippen molar-refractivity contribution in [3.63, 3.8) is 0 Å². The zero-order chi connectivity index (χ0) is 19.5. The smallest absolute Gasteiger partial charge is 0.269 e. The summed E-state index contributed by atoms with van der Waals surface area (Å²) in [4.78, 5) is 12.3. The van der Waals surface area contributed by atoms with Crippen LogP contribution in [0, 0.1) is 0 Å². The van der Waals surface area contributed by atoms with E-state index in [0.717, 1.165) is 0 Å². The Balaban J connectivity index is 2.09. The molecule has 0 spiro atoms. The largest absolute Gasteiger partial charge is 0.295 e. The molecule has 0 fully saturated rings. The number of anilines is 1. The predicted molar refractivity (Wildman–Crippen MR) is 104 cm³/mol. The molecular weight excluding hydrogens is 421 g/mol. The van der Waals surface area contributed by atoms with Gasteiger partial charge in [-0.05, 0) is 50.2 Å². The maximum atomic E-state index is 12.2. The number of carbonyl (C=O) groups is 1. The number of rotatable bonds is 6. The molecule has 140 valence electrons. The van der Waals surface area contributed by atoms with Crippen LogP contribution in [0.15, 0.2) is 41.3 Å². The first-order valence-electron chi connectivity index (χ1n) is 7.43. The van der Waals surface area contributed by atoms with E-state index >= 15 is 0 Å². The van der Waals surface area contributed by atoms with Crippen LogP contribution >= 0.6 is 34.8 Å². The number of amides is 1. The van der Waals surface area contributed by atoms with Crippen LogP contribution in [-0.2, 0) is 10.0 Å². The lowest BCUT2D eigenvalue weighted by Gasteiger charge is -2.13. The molecule has 26 heavy (non-hydrogen) atoms. The minimum absolute atomic E-state index is 0.0690. The number of hydrogen-bond acceptors (Lipinski definition) is 4. The van der Waals surface area contributed by atoms with Crippen LogP contribution in [-0.4, -0.2) is 20.4 Å². The Labute approximate surface area is 166 Å². The van der Waals surface area contributed by atoms with Gasteiger partial charge in [0.2, 0.25) is 10.0 Å². The summed E-state index contributed by atoms with van der Waals surface area (Å²) < 4.78 is 26.6. The van der Waals surface area contributed by atoms with E-state index in [-0.39, 0.29) is 26.5 Å². The number of sulfonamides is 1. The number of hydrazine groups is 1. The normalized spacial score (nSPS) is 11.5. The number of nitrogens with one attached hydrogen (secondary N) is 3. The van der Waals surface area contributed by atoms with Gasteiger partial charge >= 0.3 is 0 Å². The van der Waals surface area contributed by atoms with E-state index < -0.39 is 15.9 Å². The molecule has 0 saturated heterocycles. The third kappa shape index (κ3) is 5.25. The van der Waals surface area contributed by atoms with Crippen LogP contribution in [0.1, 0.15) is 24.2 Å². The van der Waals surface area contributed by atoms with Crippen LogP contribution in [0.5, 0.6) is 0 Å². The van der Waals surface area contributed by atoms with E-state index in [4.69, 9.17) is 34.8 Å². The molecule has 0 saturated carbocycles. The highest BCUT2D eigenvalue weighted by atomic mass is 35.5. The highest BCUT2D eigenvalue weighted by Crippen LogP contribution is 2.33. The second kappa shape index (κ2) is 8.45. The molecule has 0 aromatic heterocycles. The van der Waals surface area contributed by atoms with Crippen LogP contribution in [0.2, 0.25) is 15.1 Å². The van der Waals surface area contributed by atoms with Crippen LogP contribution in [0.25, 0.3) is 0 Å². The van der Waals surface area contributed by atoms with Gasteiger partial charge < -0.3 is 0 Å². The quantitative estimate of drug-likeness (QED) is 0.595. The topological polar surface area (TPSA) is 87.3 Å². The Morgan fingerprint density at radius 2 is 1.54 bits per heavy atom. The van der Waals surface area contributed by atoms with E-state index in [9.17, 15) is 13.2 Å². The van der Waals surface area contributed by atoms with Crippen molar-refractivity contribution in [1.29, 1.82) is 0 Å². The second-order valence-corrected chi connectivity index (χ2v) is 8.59. The molecule has 2 rings (SSSR count). The molecule has 0 aliphatic carbocycles. The molecule has 1 amide bonds. The van der Waals surface area contributed by atoms with Crippen LogP contribution in [0.4, 0.5) is 5.69 Å². The first-order valence-corrected chi connectivity index (χ1v) is 10.0. The molecule has 0 heterocycles.